The number of halogens is 1. The van der Waals surface area contributed by atoms with Crippen LogP contribution in [0.4, 0.5) is 5.69 Å². The van der Waals surface area contributed by atoms with E-state index in [-0.39, 0.29) is 11.8 Å². The fourth-order valence-electron chi connectivity index (χ4n) is 4.19. The summed E-state index contributed by atoms with van der Waals surface area (Å²) in [5.41, 5.74) is 4.12. The Bertz CT molecular complexity index is 1150. The molecule has 32 heavy (non-hydrogen) atoms. The van der Waals surface area contributed by atoms with Crippen LogP contribution >= 0.6 is 11.6 Å². The smallest absolute Gasteiger partial charge is 0.257 e. The van der Waals surface area contributed by atoms with Gasteiger partial charge in [-0.1, -0.05) is 31.5 Å². The summed E-state index contributed by atoms with van der Waals surface area (Å²) in [6.07, 6.45) is 2.56. The van der Waals surface area contributed by atoms with Gasteiger partial charge in [-0.3, -0.25) is 4.79 Å². The average molecular weight is 448 g/mol. The lowest BCUT2D eigenvalue weighted by atomic mass is 10.0. The first-order valence-electron chi connectivity index (χ1n) is 10.9. The third-order valence-corrected chi connectivity index (χ3v) is 6.02. The van der Waals surface area contributed by atoms with Crippen LogP contribution in [-0.2, 0) is 0 Å². The Labute approximate surface area is 193 Å². The largest absolute Gasteiger partial charge is 0.370 e. The first kappa shape index (κ1) is 21.9. The van der Waals surface area contributed by atoms with Crippen LogP contribution in [0, 0.1) is 11.3 Å². The van der Waals surface area contributed by atoms with Gasteiger partial charge in [0.05, 0.1) is 34.8 Å². The third kappa shape index (κ3) is 4.49. The molecule has 0 N–H and O–H groups in total. The van der Waals surface area contributed by atoms with Crippen molar-refractivity contribution in [3.05, 3.63) is 76.6 Å². The average Bonchev–Trinajstić information content (AvgIpc) is 3.10. The zero-order valence-electron chi connectivity index (χ0n) is 18.3. The molecule has 0 atom stereocenters. The molecule has 1 amide bonds. The summed E-state index contributed by atoms with van der Waals surface area (Å²) in [4.78, 5) is 17.7. The minimum atomic E-state index is 0.0173. The Morgan fingerprint density at radius 3 is 2.53 bits per heavy atom. The molecule has 3 aromatic rings. The summed E-state index contributed by atoms with van der Waals surface area (Å²) in [7, 11) is 0. The lowest BCUT2D eigenvalue weighted by Gasteiger charge is -2.24. The van der Waals surface area contributed by atoms with Crippen molar-refractivity contribution in [3.63, 3.8) is 0 Å². The molecule has 1 aliphatic rings. The van der Waals surface area contributed by atoms with E-state index in [0.29, 0.717) is 29.2 Å². The molecule has 1 aromatic heterocycles. The normalized spacial score (nSPS) is 14.3. The van der Waals surface area contributed by atoms with Crippen molar-refractivity contribution < 1.29 is 4.79 Å². The number of carbonyl (C=O) groups excluding carboxylic acids is 1. The van der Waals surface area contributed by atoms with Crippen molar-refractivity contribution >= 4 is 23.2 Å². The topological polar surface area (TPSA) is 65.2 Å². The fraction of sp³-hybridized carbons (Fsp3) is 0.320. The third-order valence-electron chi connectivity index (χ3n) is 5.78. The maximum absolute atomic E-state index is 13.5. The number of anilines is 1. The van der Waals surface area contributed by atoms with Gasteiger partial charge in [0.25, 0.3) is 5.91 Å². The van der Waals surface area contributed by atoms with Crippen LogP contribution < -0.4 is 4.90 Å². The summed E-state index contributed by atoms with van der Waals surface area (Å²) in [5, 5.41) is 14.2. The number of rotatable bonds is 4. The van der Waals surface area contributed by atoms with E-state index < -0.39 is 0 Å². The number of hydrogen-bond donors (Lipinski definition) is 0. The number of nitrogens with zero attached hydrogens (tertiary/aromatic N) is 5. The van der Waals surface area contributed by atoms with E-state index in [1.54, 1.807) is 6.20 Å². The summed E-state index contributed by atoms with van der Waals surface area (Å²) in [6, 6.07) is 17.3. The molecule has 0 spiro atoms. The molecule has 1 fully saturated rings. The van der Waals surface area contributed by atoms with Gasteiger partial charge in [-0.15, -0.1) is 0 Å². The summed E-state index contributed by atoms with van der Waals surface area (Å²) >= 11 is 6.18. The second kappa shape index (κ2) is 9.46. The Morgan fingerprint density at radius 1 is 1.06 bits per heavy atom. The molecule has 2 heterocycles. The Balaban J connectivity index is 1.55. The molecule has 2 aromatic carbocycles. The lowest BCUT2D eigenvalue weighted by molar-refractivity contribution is 0.0765. The van der Waals surface area contributed by atoms with Crippen molar-refractivity contribution in [2.75, 3.05) is 31.1 Å². The van der Waals surface area contributed by atoms with E-state index in [2.05, 4.69) is 29.9 Å². The van der Waals surface area contributed by atoms with Gasteiger partial charge in [-0.25, -0.2) is 4.68 Å². The number of hydrogen-bond acceptors (Lipinski definition) is 4. The van der Waals surface area contributed by atoms with E-state index in [9.17, 15) is 4.79 Å². The Morgan fingerprint density at radius 2 is 1.84 bits per heavy atom. The van der Waals surface area contributed by atoms with Crippen LogP contribution in [-0.4, -0.2) is 46.8 Å². The standard InChI is InChI=1S/C25H26ClN5O/c1-18(2)24-23(17-28-31(24)22-6-3-5-20(26)15-22)25(32)30-12-4-11-29(13-14-30)21-9-7-19(16-27)8-10-21/h3,5-10,15,17-18H,4,11-14H2,1-2H3. The van der Waals surface area contributed by atoms with Crippen molar-refractivity contribution in [1.29, 1.82) is 5.26 Å². The summed E-state index contributed by atoms with van der Waals surface area (Å²) in [6.45, 7) is 7.10. The van der Waals surface area contributed by atoms with Gasteiger partial charge >= 0.3 is 0 Å². The first-order valence-corrected chi connectivity index (χ1v) is 11.2. The maximum atomic E-state index is 13.5. The second-order valence-corrected chi connectivity index (χ2v) is 8.72. The molecule has 0 saturated carbocycles. The number of benzene rings is 2. The predicted octanol–water partition coefficient (Wildman–Crippen LogP) is 4.87. The van der Waals surface area contributed by atoms with E-state index in [0.717, 1.165) is 36.6 Å². The van der Waals surface area contributed by atoms with E-state index in [1.165, 1.54) is 0 Å². The highest BCUT2D eigenvalue weighted by Crippen LogP contribution is 2.26. The van der Waals surface area contributed by atoms with Crippen LogP contribution in [0.15, 0.2) is 54.7 Å². The molecule has 0 unspecified atom stereocenters. The van der Waals surface area contributed by atoms with Gasteiger partial charge in [0.2, 0.25) is 0 Å². The van der Waals surface area contributed by atoms with Crippen molar-refractivity contribution in [3.8, 4) is 11.8 Å². The van der Waals surface area contributed by atoms with Crippen LogP contribution in [0.2, 0.25) is 5.02 Å². The predicted molar refractivity (Wildman–Crippen MR) is 127 cm³/mol. The molecular formula is C25H26ClN5O. The van der Waals surface area contributed by atoms with Gasteiger partial charge in [0.15, 0.2) is 0 Å². The molecule has 0 aliphatic carbocycles. The second-order valence-electron chi connectivity index (χ2n) is 8.28. The SMILES string of the molecule is CC(C)c1c(C(=O)N2CCCN(c3ccc(C#N)cc3)CC2)cnn1-c1cccc(Cl)c1. The van der Waals surface area contributed by atoms with Gasteiger partial charge in [0, 0.05) is 36.9 Å². The zero-order chi connectivity index (χ0) is 22.7. The van der Waals surface area contributed by atoms with Crippen LogP contribution in [0.3, 0.4) is 0 Å². The van der Waals surface area contributed by atoms with E-state index in [1.807, 2.05) is 58.1 Å². The molecule has 164 valence electrons. The highest BCUT2D eigenvalue weighted by molar-refractivity contribution is 6.30. The van der Waals surface area contributed by atoms with Gasteiger partial charge < -0.3 is 9.80 Å². The Kier molecular flexibility index (Phi) is 6.48. The van der Waals surface area contributed by atoms with Crippen molar-refractivity contribution in [2.24, 2.45) is 0 Å². The van der Waals surface area contributed by atoms with Crippen LogP contribution in [0.25, 0.3) is 5.69 Å². The van der Waals surface area contributed by atoms with Crippen LogP contribution in [0.5, 0.6) is 0 Å². The summed E-state index contributed by atoms with van der Waals surface area (Å²) in [5.74, 6) is 0.140. The summed E-state index contributed by atoms with van der Waals surface area (Å²) < 4.78 is 1.82. The molecular weight excluding hydrogens is 422 g/mol. The number of aromatic nitrogens is 2. The molecule has 4 rings (SSSR count). The quantitative estimate of drug-likeness (QED) is 0.572. The minimum absolute atomic E-state index is 0.0173. The first-order chi connectivity index (χ1) is 15.5. The monoisotopic (exact) mass is 447 g/mol. The fourth-order valence-corrected chi connectivity index (χ4v) is 4.37. The lowest BCUT2D eigenvalue weighted by Crippen LogP contribution is -2.35. The maximum Gasteiger partial charge on any atom is 0.257 e. The van der Waals surface area contributed by atoms with E-state index in [4.69, 9.17) is 16.9 Å². The van der Waals surface area contributed by atoms with Crippen molar-refractivity contribution in [1.82, 2.24) is 14.7 Å². The zero-order valence-corrected chi connectivity index (χ0v) is 19.1. The van der Waals surface area contributed by atoms with Gasteiger partial charge in [-0.2, -0.15) is 10.4 Å². The van der Waals surface area contributed by atoms with Gasteiger partial charge in [0.1, 0.15) is 0 Å². The molecule has 6 nitrogen and oxygen atoms in total. The molecule has 0 radical (unpaired) electrons. The number of carbonyl (C=O) groups is 1. The van der Waals surface area contributed by atoms with Crippen LogP contribution in [0.1, 0.15) is 47.8 Å². The molecule has 7 heteroatoms. The molecule has 0 bridgehead atoms. The molecule has 1 saturated heterocycles. The highest BCUT2D eigenvalue weighted by atomic mass is 35.5. The Hall–Kier alpha value is -3.30. The number of amides is 1. The minimum Gasteiger partial charge on any atom is -0.370 e. The molecule has 1 aliphatic heterocycles. The highest BCUT2D eigenvalue weighted by Gasteiger charge is 2.26. The van der Waals surface area contributed by atoms with E-state index >= 15 is 0 Å². The van der Waals surface area contributed by atoms with Gasteiger partial charge in [-0.05, 0) is 54.8 Å². The van der Waals surface area contributed by atoms with Crippen molar-refractivity contribution in [2.45, 2.75) is 26.2 Å². The number of nitriles is 1.